The third kappa shape index (κ3) is 9.63. The van der Waals surface area contributed by atoms with E-state index >= 15 is 0 Å². The molecule has 4 aromatic carbocycles. The second-order valence-corrected chi connectivity index (χ2v) is 13.6. The van der Waals surface area contributed by atoms with E-state index in [4.69, 9.17) is 4.74 Å². The molecular weight excluding hydrogens is 702 g/mol. The minimum absolute atomic E-state index is 0.0939. The maximum absolute atomic E-state index is 13.7. The molecule has 0 radical (unpaired) electrons. The van der Waals surface area contributed by atoms with E-state index in [9.17, 15) is 27.6 Å². The zero-order valence-corrected chi connectivity index (χ0v) is 29.7. The van der Waals surface area contributed by atoms with Gasteiger partial charge in [0, 0.05) is 58.9 Å². The number of carbonyl (C=O) groups is 3. The van der Waals surface area contributed by atoms with Gasteiger partial charge in [0.1, 0.15) is 0 Å². The Morgan fingerprint density at radius 1 is 0.792 bits per heavy atom. The molecule has 1 saturated heterocycles. The van der Waals surface area contributed by atoms with Crippen molar-refractivity contribution in [1.82, 2.24) is 10.3 Å². The summed E-state index contributed by atoms with van der Waals surface area (Å²) in [7, 11) is 1.34. The number of rotatable bonds is 11. The van der Waals surface area contributed by atoms with Gasteiger partial charge in [0.05, 0.1) is 29.6 Å². The zero-order valence-electron chi connectivity index (χ0n) is 28.9. The van der Waals surface area contributed by atoms with Gasteiger partial charge in [-0.15, -0.1) is 11.8 Å². The fraction of sp³-hybridized carbons (Fsp3) is 0.220. The van der Waals surface area contributed by atoms with Crippen molar-refractivity contribution in [1.29, 1.82) is 0 Å². The molecule has 1 aliphatic rings. The SMILES string of the molecule is COC(=O)c1cccc(CSc2cccc(C(=O)Nc3ccc(N4CCCCC4)cc3-c3cc(C(=O)NCc4cccc(C(F)(F)F)c4)ccn3)c2)c1. The van der Waals surface area contributed by atoms with Crippen molar-refractivity contribution in [2.45, 2.75) is 42.6 Å². The molecule has 1 aliphatic heterocycles. The van der Waals surface area contributed by atoms with Gasteiger partial charge in [0.2, 0.25) is 0 Å². The molecule has 0 atom stereocenters. The molecule has 0 aliphatic carbocycles. The number of esters is 1. The predicted molar refractivity (Wildman–Crippen MR) is 200 cm³/mol. The van der Waals surface area contributed by atoms with Crippen LogP contribution in [0.15, 0.2) is 114 Å². The number of pyridine rings is 1. The van der Waals surface area contributed by atoms with E-state index in [0.717, 1.165) is 60.6 Å². The van der Waals surface area contributed by atoms with Gasteiger partial charge >= 0.3 is 12.1 Å². The van der Waals surface area contributed by atoms with Crippen molar-refractivity contribution >= 4 is 40.9 Å². The summed E-state index contributed by atoms with van der Waals surface area (Å²) in [6, 6.07) is 28.2. The summed E-state index contributed by atoms with van der Waals surface area (Å²) < 4.78 is 44.4. The molecule has 53 heavy (non-hydrogen) atoms. The largest absolute Gasteiger partial charge is 0.465 e. The van der Waals surface area contributed by atoms with Crippen LogP contribution in [0.5, 0.6) is 0 Å². The monoisotopic (exact) mass is 738 g/mol. The van der Waals surface area contributed by atoms with Crippen molar-refractivity contribution in [2.75, 3.05) is 30.4 Å². The van der Waals surface area contributed by atoms with Gasteiger partial charge in [-0.1, -0.05) is 30.3 Å². The van der Waals surface area contributed by atoms with Gasteiger partial charge in [-0.3, -0.25) is 14.6 Å². The molecule has 12 heteroatoms. The Morgan fingerprint density at radius 2 is 1.53 bits per heavy atom. The van der Waals surface area contributed by atoms with Crippen LogP contribution in [-0.2, 0) is 23.2 Å². The van der Waals surface area contributed by atoms with Crippen LogP contribution in [0.4, 0.5) is 24.5 Å². The minimum Gasteiger partial charge on any atom is -0.465 e. The maximum atomic E-state index is 13.7. The van der Waals surface area contributed by atoms with Crippen LogP contribution in [0.25, 0.3) is 11.3 Å². The van der Waals surface area contributed by atoms with E-state index in [1.54, 1.807) is 36.4 Å². The van der Waals surface area contributed by atoms with Gasteiger partial charge < -0.3 is 20.3 Å². The molecule has 0 unspecified atom stereocenters. The van der Waals surface area contributed by atoms with Crippen molar-refractivity contribution in [3.8, 4) is 11.3 Å². The average molecular weight is 739 g/mol. The minimum atomic E-state index is -4.49. The van der Waals surface area contributed by atoms with Gasteiger partial charge in [0.25, 0.3) is 11.8 Å². The summed E-state index contributed by atoms with van der Waals surface area (Å²) in [6.07, 6.45) is 0.305. The highest BCUT2D eigenvalue weighted by atomic mass is 32.2. The summed E-state index contributed by atoms with van der Waals surface area (Å²) in [5.74, 6) is -0.636. The molecule has 6 rings (SSSR count). The lowest BCUT2D eigenvalue weighted by Crippen LogP contribution is -2.29. The van der Waals surface area contributed by atoms with Gasteiger partial charge in [-0.05, 0) is 103 Å². The number of thioether (sulfide) groups is 1. The van der Waals surface area contributed by atoms with Crippen LogP contribution in [0.2, 0.25) is 0 Å². The van der Waals surface area contributed by atoms with E-state index in [1.165, 1.54) is 43.3 Å². The molecule has 1 aromatic heterocycles. The fourth-order valence-electron chi connectivity index (χ4n) is 6.06. The quantitative estimate of drug-likeness (QED) is 0.103. The first-order valence-corrected chi connectivity index (χ1v) is 18.1. The van der Waals surface area contributed by atoms with Crippen molar-refractivity contribution in [3.63, 3.8) is 0 Å². The third-order valence-corrected chi connectivity index (χ3v) is 9.89. The standard InChI is InChI=1S/C41H37F3N4O4S/c1-52-40(51)31-11-5-9-28(20-31)26-53-34-13-7-10-29(22-34)39(50)47-36-15-14-33(48-18-3-2-4-19-48)24-35(36)37-23-30(16-17-45-37)38(49)46-25-27-8-6-12-32(21-27)41(42,43)44/h5-17,20-24H,2-4,18-19,25-26H2,1H3,(H,46,49)(H,47,50). The average Bonchev–Trinajstić information content (AvgIpc) is 3.19. The third-order valence-electron chi connectivity index (χ3n) is 8.83. The Morgan fingerprint density at radius 3 is 2.32 bits per heavy atom. The normalized spacial score (nSPS) is 12.9. The number of halogens is 3. The highest BCUT2D eigenvalue weighted by molar-refractivity contribution is 7.98. The number of anilines is 2. The van der Waals surface area contributed by atoms with Crippen molar-refractivity contribution in [2.24, 2.45) is 0 Å². The number of alkyl halides is 3. The van der Waals surface area contributed by atoms with Crippen LogP contribution < -0.4 is 15.5 Å². The number of nitrogens with one attached hydrogen (secondary N) is 2. The molecule has 0 saturated carbocycles. The van der Waals surface area contributed by atoms with Gasteiger partial charge in [0.15, 0.2) is 0 Å². The van der Waals surface area contributed by atoms with E-state index < -0.39 is 23.6 Å². The van der Waals surface area contributed by atoms with E-state index in [0.29, 0.717) is 39.4 Å². The van der Waals surface area contributed by atoms with Crippen LogP contribution in [0, 0.1) is 0 Å². The van der Waals surface area contributed by atoms with Crippen LogP contribution in [0.1, 0.15) is 67.0 Å². The molecule has 2 N–H and O–H groups in total. The summed E-state index contributed by atoms with van der Waals surface area (Å²) >= 11 is 1.53. The van der Waals surface area contributed by atoms with Crippen LogP contribution in [-0.4, -0.2) is 43.0 Å². The number of hydrogen-bond donors (Lipinski definition) is 2. The number of methoxy groups -OCH3 is 1. The second kappa shape index (κ2) is 16.8. The molecular formula is C41H37F3N4O4S. The molecule has 5 aromatic rings. The maximum Gasteiger partial charge on any atom is 0.416 e. The smallest absolute Gasteiger partial charge is 0.416 e. The fourth-order valence-corrected chi connectivity index (χ4v) is 6.96. The van der Waals surface area contributed by atoms with Gasteiger partial charge in [-0.25, -0.2) is 4.79 Å². The Kier molecular flexibility index (Phi) is 11.8. The Balaban J connectivity index is 1.21. The number of benzene rings is 4. The zero-order chi connectivity index (χ0) is 37.4. The predicted octanol–water partition coefficient (Wildman–Crippen LogP) is 9.02. The molecule has 272 valence electrons. The molecule has 1 fully saturated rings. The number of amides is 2. The molecule has 0 bridgehead atoms. The lowest BCUT2D eigenvalue weighted by Gasteiger charge is -2.29. The number of aromatic nitrogens is 1. The topological polar surface area (TPSA) is 101 Å². The Bertz CT molecular complexity index is 2120. The van der Waals surface area contributed by atoms with Gasteiger partial charge in [-0.2, -0.15) is 13.2 Å². The van der Waals surface area contributed by atoms with Crippen molar-refractivity contribution in [3.05, 3.63) is 143 Å². The molecule has 8 nitrogen and oxygen atoms in total. The number of piperidine rings is 1. The summed E-state index contributed by atoms with van der Waals surface area (Å²) in [5, 5.41) is 5.75. The first kappa shape index (κ1) is 37.1. The lowest BCUT2D eigenvalue weighted by atomic mass is 10.0. The van der Waals surface area contributed by atoms with E-state index in [-0.39, 0.29) is 18.0 Å². The number of hydrogen-bond acceptors (Lipinski definition) is 7. The number of carbonyl (C=O) groups excluding carboxylic acids is 3. The summed E-state index contributed by atoms with van der Waals surface area (Å²) in [5.41, 5.74) is 4.18. The summed E-state index contributed by atoms with van der Waals surface area (Å²) in [4.78, 5) is 46.6. The second-order valence-electron chi connectivity index (χ2n) is 12.6. The number of ether oxygens (including phenoxy) is 1. The number of nitrogens with zero attached hydrogens (tertiary/aromatic N) is 2. The Labute approximate surface area is 309 Å². The lowest BCUT2D eigenvalue weighted by molar-refractivity contribution is -0.137. The van der Waals surface area contributed by atoms with Crippen molar-refractivity contribution < 1.29 is 32.3 Å². The van der Waals surface area contributed by atoms with E-state index in [1.807, 2.05) is 36.4 Å². The molecule has 2 amide bonds. The summed E-state index contributed by atoms with van der Waals surface area (Å²) in [6.45, 7) is 1.70. The molecule has 2 heterocycles. The highest BCUT2D eigenvalue weighted by Gasteiger charge is 2.30. The van der Waals surface area contributed by atoms with Crippen LogP contribution in [0.3, 0.4) is 0 Å². The van der Waals surface area contributed by atoms with E-state index in [2.05, 4.69) is 20.5 Å². The first-order valence-electron chi connectivity index (χ1n) is 17.1. The highest BCUT2D eigenvalue weighted by Crippen LogP contribution is 2.34. The Hall–Kier alpha value is -5.62. The first-order chi connectivity index (χ1) is 25.6. The van der Waals surface area contributed by atoms with Crippen LogP contribution >= 0.6 is 11.8 Å². The molecule has 0 spiro atoms.